The van der Waals surface area contributed by atoms with Crippen LogP contribution in [-0.4, -0.2) is 17.6 Å². The van der Waals surface area contributed by atoms with Gasteiger partial charge in [0.1, 0.15) is 5.58 Å². The lowest BCUT2D eigenvalue weighted by atomic mass is 10.1. The van der Waals surface area contributed by atoms with Crippen molar-refractivity contribution < 1.29 is 14.3 Å². The number of benzene rings is 1. The molecule has 20 heavy (non-hydrogen) atoms. The van der Waals surface area contributed by atoms with Gasteiger partial charge in [-0.1, -0.05) is 18.9 Å². The van der Waals surface area contributed by atoms with E-state index in [9.17, 15) is 4.79 Å². The van der Waals surface area contributed by atoms with Crippen LogP contribution < -0.4 is 5.32 Å². The zero-order chi connectivity index (χ0) is 13.9. The second kappa shape index (κ2) is 5.67. The fourth-order valence-corrected chi connectivity index (χ4v) is 2.94. The van der Waals surface area contributed by atoms with Gasteiger partial charge in [-0.05, 0) is 49.1 Å². The zero-order valence-electron chi connectivity index (χ0n) is 11.4. The summed E-state index contributed by atoms with van der Waals surface area (Å²) in [7, 11) is 0. The molecule has 3 rings (SSSR count). The number of hydrogen-bond donors (Lipinski definition) is 2. The number of rotatable bonds is 5. The first-order chi connectivity index (χ1) is 9.72. The molecule has 0 saturated heterocycles. The molecule has 1 aromatic heterocycles. The largest absolute Gasteiger partial charge is 0.475 e. The highest BCUT2D eigenvalue weighted by atomic mass is 16.4. The summed E-state index contributed by atoms with van der Waals surface area (Å²) in [5, 5.41) is 13.3. The van der Waals surface area contributed by atoms with Crippen molar-refractivity contribution in [2.24, 2.45) is 5.92 Å². The number of nitrogens with one attached hydrogen (secondary N) is 1. The molecule has 1 aliphatic carbocycles. The third-order valence-corrected chi connectivity index (χ3v) is 4.03. The van der Waals surface area contributed by atoms with E-state index in [1.165, 1.54) is 25.7 Å². The molecule has 0 aliphatic heterocycles. The SMILES string of the molecule is O=C(O)c1cc2cc(CNCC3CCCC3)ccc2o1. The highest BCUT2D eigenvalue weighted by Crippen LogP contribution is 2.24. The van der Waals surface area contributed by atoms with Gasteiger partial charge in [-0.3, -0.25) is 0 Å². The second-order valence-corrected chi connectivity index (χ2v) is 5.57. The van der Waals surface area contributed by atoms with Crippen LogP contribution in [0.25, 0.3) is 11.0 Å². The fraction of sp³-hybridized carbons (Fsp3) is 0.438. The van der Waals surface area contributed by atoms with E-state index in [1.54, 1.807) is 6.07 Å². The molecule has 1 heterocycles. The average Bonchev–Trinajstić information content (AvgIpc) is 3.06. The molecule has 2 N–H and O–H groups in total. The predicted octanol–water partition coefficient (Wildman–Crippen LogP) is 3.41. The smallest absolute Gasteiger partial charge is 0.371 e. The monoisotopic (exact) mass is 273 g/mol. The van der Waals surface area contributed by atoms with Crippen LogP contribution in [0.1, 0.15) is 41.8 Å². The molecule has 4 heteroatoms. The van der Waals surface area contributed by atoms with E-state index in [0.717, 1.165) is 30.0 Å². The highest BCUT2D eigenvalue weighted by Gasteiger charge is 2.14. The third-order valence-electron chi connectivity index (χ3n) is 4.03. The van der Waals surface area contributed by atoms with Crippen LogP contribution in [0.5, 0.6) is 0 Å². The van der Waals surface area contributed by atoms with Crippen molar-refractivity contribution in [1.29, 1.82) is 0 Å². The summed E-state index contributed by atoms with van der Waals surface area (Å²) in [4.78, 5) is 10.9. The topological polar surface area (TPSA) is 62.5 Å². The molecule has 106 valence electrons. The Morgan fingerprint density at radius 3 is 2.85 bits per heavy atom. The van der Waals surface area contributed by atoms with E-state index >= 15 is 0 Å². The minimum absolute atomic E-state index is 0.00364. The number of furan rings is 1. The van der Waals surface area contributed by atoms with Crippen LogP contribution in [0, 0.1) is 5.92 Å². The summed E-state index contributed by atoms with van der Waals surface area (Å²) in [6.07, 6.45) is 5.42. The van der Waals surface area contributed by atoms with Crippen LogP contribution in [0.3, 0.4) is 0 Å². The summed E-state index contributed by atoms with van der Waals surface area (Å²) in [5.74, 6) is -0.204. The van der Waals surface area contributed by atoms with Gasteiger partial charge >= 0.3 is 5.97 Å². The van der Waals surface area contributed by atoms with Crippen molar-refractivity contribution in [3.63, 3.8) is 0 Å². The van der Waals surface area contributed by atoms with Gasteiger partial charge in [0.25, 0.3) is 0 Å². The maximum Gasteiger partial charge on any atom is 0.371 e. The van der Waals surface area contributed by atoms with Gasteiger partial charge < -0.3 is 14.8 Å². The number of hydrogen-bond acceptors (Lipinski definition) is 3. The van der Waals surface area contributed by atoms with E-state index in [4.69, 9.17) is 9.52 Å². The fourth-order valence-electron chi connectivity index (χ4n) is 2.94. The second-order valence-electron chi connectivity index (χ2n) is 5.57. The van der Waals surface area contributed by atoms with E-state index < -0.39 is 5.97 Å². The molecule has 0 bridgehead atoms. The van der Waals surface area contributed by atoms with Gasteiger partial charge in [0.05, 0.1) is 0 Å². The van der Waals surface area contributed by atoms with E-state index in [-0.39, 0.29) is 5.76 Å². The number of carboxylic acid groups (broad SMARTS) is 1. The van der Waals surface area contributed by atoms with Crippen LogP contribution in [-0.2, 0) is 6.54 Å². The van der Waals surface area contributed by atoms with Crippen molar-refractivity contribution >= 4 is 16.9 Å². The number of carbonyl (C=O) groups is 1. The van der Waals surface area contributed by atoms with Crippen molar-refractivity contribution in [3.05, 3.63) is 35.6 Å². The minimum Gasteiger partial charge on any atom is -0.475 e. The van der Waals surface area contributed by atoms with E-state index in [1.807, 2.05) is 18.2 Å². The Hall–Kier alpha value is -1.81. The number of aromatic carboxylic acids is 1. The lowest BCUT2D eigenvalue weighted by molar-refractivity contribution is 0.0665. The molecule has 1 aliphatic rings. The standard InChI is InChI=1S/C16H19NO3/c18-16(19)15-8-13-7-12(5-6-14(13)20-15)10-17-9-11-3-1-2-4-11/h5-8,11,17H,1-4,9-10H2,(H,18,19). The Kier molecular flexibility index (Phi) is 3.74. The summed E-state index contributed by atoms with van der Waals surface area (Å²) in [6, 6.07) is 7.40. The van der Waals surface area contributed by atoms with Gasteiger partial charge in [0.2, 0.25) is 5.76 Å². The number of fused-ring (bicyclic) bond motifs is 1. The number of carboxylic acids is 1. The maximum atomic E-state index is 10.9. The quantitative estimate of drug-likeness (QED) is 0.876. The van der Waals surface area contributed by atoms with Crippen LogP contribution >= 0.6 is 0 Å². The molecular formula is C16H19NO3. The maximum absolute atomic E-state index is 10.9. The molecular weight excluding hydrogens is 254 g/mol. The molecule has 1 fully saturated rings. The van der Waals surface area contributed by atoms with E-state index in [2.05, 4.69) is 5.32 Å². The van der Waals surface area contributed by atoms with Crippen molar-refractivity contribution in [1.82, 2.24) is 5.32 Å². The summed E-state index contributed by atoms with van der Waals surface area (Å²) in [6.45, 7) is 1.89. The lowest BCUT2D eigenvalue weighted by Crippen LogP contribution is -2.20. The summed E-state index contributed by atoms with van der Waals surface area (Å²) in [5.41, 5.74) is 1.79. The Balaban J connectivity index is 1.64. The van der Waals surface area contributed by atoms with Gasteiger partial charge in [0, 0.05) is 11.9 Å². The molecule has 2 aromatic rings. The first kappa shape index (κ1) is 13.2. The Morgan fingerprint density at radius 1 is 1.30 bits per heavy atom. The Morgan fingerprint density at radius 2 is 2.10 bits per heavy atom. The molecule has 0 spiro atoms. The van der Waals surface area contributed by atoms with Gasteiger partial charge in [0.15, 0.2) is 0 Å². The van der Waals surface area contributed by atoms with Crippen LogP contribution in [0.2, 0.25) is 0 Å². The summed E-state index contributed by atoms with van der Waals surface area (Å²) < 4.78 is 5.25. The zero-order valence-corrected chi connectivity index (χ0v) is 11.4. The molecule has 4 nitrogen and oxygen atoms in total. The minimum atomic E-state index is -1.03. The highest BCUT2D eigenvalue weighted by molar-refractivity contribution is 5.91. The van der Waals surface area contributed by atoms with E-state index in [0.29, 0.717) is 5.58 Å². The summed E-state index contributed by atoms with van der Waals surface area (Å²) >= 11 is 0. The predicted molar refractivity (Wildman–Crippen MR) is 76.8 cm³/mol. The lowest BCUT2D eigenvalue weighted by Gasteiger charge is -2.10. The molecule has 1 saturated carbocycles. The van der Waals surface area contributed by atoms with Gasteiger partial charge in [-0.25, -0.2) is 4.79 Å². The van der Waals surface area contributed by atoms with Gasteiger partial charge in [-0.2, -0.15) is 0 Å². The molecule has 0 amide bonds. The van der Waals surface area contributed by atoms with Crippen molar-refractivity contribution in [2.75, 3.05) is 6.54 Å². The average molecular weight is 273 g/mol. The van der Waals surface area contributed by atoms with Gasteiger partial charge in [-0.15, -0.1) is 0 Å². The normalized spacial score (nSPS) is 16.0. The Bertz CT molecular complexity index is 611. The first-order valence-electron chi connectivity index (χ1n) is 7.19. The first-order valence-corrected chi connectivity index (χ1v) is 7.19. The molecule has 0 radical (unpaired) electrons. The Labute approximate surface area is 117 Å². The van der Waals surface area contributed by atoms with Crippen molar-refractivity contribution in [2.45, 2.75) is 32.2 Å². The van der Waals surface area contributed by atoms with Crippen LogP contribution in [0.4, 0.5) is 0 Å². The van der Waals surface area contributed by atoms with Crippen molar-refractivity contribution in [3.8, 4) is 0 Å². The molecule has 0 unspecified atom stereocenters. The molecule has 0 atom stereocenters. The third kappa shape index (κ3) is 2.85. The van der Waals surface area contributed by atoms with Crippen LogP contribution in [0.15, 0.2) is 28.7 Å². The molecule has 1 aromatic carbocycles.